The van der Waals surface area contributed by atoms with Crippen molar-refractivity contribution in [2.75, 3.05) is 19.6 Å². The summed E-state index contributed by atoms with van der Waals surface area (Å²) in [4.78, 5) is 24.3. The van der Waals surface area contributed by atoms with Crippen LogP contribution in [0.15, 0.2) is 0 Å². The number of nitrogens with zero attached hydrogens (tertiary/aromatic N) is 1. The fourth-order valence-corrected chi connectivity index (χ4v) is 1.54. The normalized spacial score (nSPS) is 23.3. The van der Waals surface area contributed by atoms with E-state index in [0.717, 1.165) is 13.1 Å². The highest BCUT2D eigenvalue weighted by Crippen LogP contribution is 2.03. The summed E-state index contributed by atoms with van der Waals surface area (Å²) in [6, 6.07) is 0.214. The quantitative estimate of drug-likeness (QED) is 0.608. The lowest BCUT2D eigenvalue weighted by molar-refractivity contribution is -0.139. The van der Waals surface area contributed by atoms with Crippen molar-refractivity contribution >= 4 is 11.8 Å². The monoisotopic (exact) mass is 213 g/mol. The van der Waals surface area contributed by atoms with Gasteiger partial charge in [-0.25, -0.2) is 0 Å². The minimum absolute atomic E-state index is 0.198. The number of piperazine rings is 1. The lowest BCUT2D eigenvalue weighted by Crippen LogP contribution is -2.58. The summed E-state index contributed by atoms with van der Waals surface area (Å²) in [6.07, 6.45) is 0. The van der Waals surface area contributed by atoms with Crippen LogP contribution in [0.25, 0.3) is 0 Å². The molecule has 1 unspecified atom stereocenters. The minimum Gasteiger partial charge on any atom is -0.313 e. The summed E-state index contributed by atoms with van der Waals surface area (Å²) in [5, 5.41) is 5.58. The van der Waals surface area contributed by atoms with E-state index in [1.54, 1.807) is 0 Å². The first-order valence-corrected chi connectivity index (χ1v) is 5.32. The molecule has 1 fully saturated rings. The molecule has 0 aliphatic carbocycles. The predicted octanol–water partition coefficient (Wildman–Crippen LogP) is -0.669. The number of carbonyl (C=O) groups is 2. The van der Waals surface area contributed by atoms with Crippen LogP contribution in [0.2, 0.25) is 0 Å². The van der Waals surface area contributed by atoms with E-state index < -0.39 is 0 Å². The second-order valence-electron chi connectivity index (χ2n) is 4.17. The van der Waals surface area contributed by atoms with Gasteiger partial charge < -0.3 is 5.32 Å². The van der Waals surface area contributed by atoms with Gasteiger partial charge in [0.1, 0.15) is 0 Å². The second kappa shape index (κ2) is 5.23. The molecule has 2 amide bonds. The van der Waals surface area contributed by atoms with E-state index in [1.807, 2.05) is 11.8 Å². The maximum absolute atomic E-state index is 11.3. The molecule has 15 heavy (non-hydrogen) atoms. The van der Waals surface area contributed by atoms with Gasteiger partial charge in [-0.3, -0.25) is 19.8 Å². The van der Waals surface area contributed by atoms with Crippen molar-refractivity contribution in [3.63, 3.8) is 0 Å². The van der Waals surface area contributed by atoms with Crippen LogP contribution in [-0.2, 0) is 9.59 Å². The molecule has 0 aromatic carbocycles. The zero-order chi connectivity index (χ0) is 11.4. The average molecular weight is 213 g/mol. The maximum atomic E-state index is 11.3. The molecule has 0 spiro atoms. The van der Waals surface area contributed by atoms with Crippen molar-refractivity contribution in [2.45, 2.75) is 32.9 Å². The summed E-state index contributed by atoms with van der Waals surface area (Å²) in [5.74, 6) is -0.404. The summed E-state index contributed by atoms with van der Waals surface area (Å²) >= 11 is 0. The highest BCUT2D eigenvalue weighted by atomic mass is 16.2. The Morgan fingerprint density at radius 2 is 2.20 bits per heavy atom. The van der Waals surface area contributed by atoms with Crippen molar-refractivity contribution in [1.82, 2.24) is 15.5 Å². The fourth-order valence-electron chi connectivity index (χ4n) is 1.54. The fraction of sp³-hybridized carbons (Fsp3) is 0.800. The van der Waals surface area contributed by atoms with Gasteiger partial charge in [-0.15, -0.1) is 0 Å². The molecule has 0 bridgehead atoms. The summed E-state index contributed by atoms with van der Waals surface area (Å²) in [7, 11) is 0. The van der Waals surface area contributed by atoms with Crippen LogP contribution in [0.3, 0.4) is 0 Å². The van der Waals surface area contributed by atoms with Gasteiger partial charge in [0.15, 0.2) is 0 Å². The summed E-state index contributed by atoms with van der Waals surface area (Å²) in [6.45, 7) is 7.78. The molecule has 0 aromatic heterocycles. The molecule has 1 aliphatic rings. The predicted molar refractivity (Wildman–Crippen MR) is 57.3 cm³/mol. The first kappa shape index (κ1) is 12.1. The molecule has 0 aromatic rings. The van der Waals surface area contributed by atoms with Gasteiger partial charge in [0.2, 0.25) is 11.8 Å². The number of amides is 2. The minimum atomic E-state index is -0.211. The number of imide groups is 1. The third-order valence-electron chi connectivity index (χ3n) is 2.49. The van der Waals surface area contributed by atoms with E-state index in [1.165, 1.54) is 0 Å². The molecule has 86 valence electrons. The molecule has 1 saturated heterocycles. The molecule has 2 N–H and O–H groups in total. The Labute approximate surface area is 90.2 Å². The Kier molecular flexibility index (Phi) is 4.23. The van der Waals surface area contributed by atoms with Crippen LogP contribution >= 0.6 is 0 Å². The van der Waals surface area contributed by atoms with E-state index in [2.05, 4.69) is 24.5 Å². The molecule has 0 radical (unpaired) electrons. The lowest BCUT2D eigenvalue weighted by Gasteiger charge is -2.31. The number of carbonyl (C=O) groups excluding carboxylic acids is 2. The van der Waals surface area contributed by atoms with Crippen LogP contribution in [0, 0.1) is 0 Å². The summed E-state index contributed by atoms with van der Waals surface area (Å²) < 4.78 is 0. The van der Waals surface area contributed by atoms with Gasteiger partial charge in [-0.2, -0.15) is 0 Å². The number of nitrogens with one attached hydrogen (secondary N) is 2. The Bertz CT molecular complexity index is 253. The summed E-state index contributed by atoms with van der Waals surface area (Å²) in [5.41, 5.74) is 0. The average Bonchev–Trinajstić information content (AvgIpc) is 2.12. The highest BCUT2D eigenvalue weighted by molar-refractivity contribution is 6.00. The van der Waals surface area contributed by atoms with E-state index in [0.29, 0.717) is 12.6 Å². The molecule has 0 saturated carbocycles. The van der Waals surface area contributed by atoms with E-state index in [-0.39, 0.29) is 17.9 Å². The van der Waals surface area contributed by atoms with Crippen LogP contribution in [0.1, 0.15) is 20.8 Å². The zero-order valence-electron chi connectivity index (χ0n) is 9.54. The van der Waals surface area contributed by atoms with Crippen molar-refractivity contribution in [1.29, 1.82) is 0 Å². The van der Waals surface area contributed by atoms with Crippen LogP contribution < -0.4 is 10.6 Å². The van der Waals surface area contributed by atoms with Gasteiger partial charge >= 0.3 is 0 Å². The Morgan fingerprint density at radius 1 is 1.53 bits per heavy atom. The Hall–Kier alpha value is -0.940. The van der Waals surface area contributed by atoms with Gasteiger partial charge in [0, 0.05) is 19.1 Å². The Morgan fingerprint density at radius 3 is 2.80 bits per heavy atom. The molecular formula is C10H19N3O2. The van der Waals surface area contributed by atoms with Crippen molar-refractivity contribution < 1.29 is 9.59 Å². The van der Waals surface area contributed by atoms with Crippen LogP contribution in [-0.4, -0.2) is 48.4 Å². The topological polar surface area (TPSA) is 61.4 Å². The first-order valence-electron chi connectivity index (χ1n) is 5.32. The molecule has 5 heteroatoms. The molecule has 1 atom stereocenters. The van der Waals surface area contributed by atoms with E-state index in [4.69, 9.17) is 0 Å². The van der Waals surface area contributed by atoms with Gasteiger partial charge in [0.05, 0.1) is 12.6 Å². The lowest BCUT2D eigenvalue weighted by atomic mass is 10.2. The van der Waals surface area contributed by atoms with Crippen molar-refractivity contribution in [3.8, 4) is 0 Å². The van der Waals surface area contributed by atoms with Crippen molar-refractivity contribution in [3.05, 3.63) is 0 Å². The third-order valence-corrected chi connectivity index (χ3v) is 2.49. The number of hydrogen-bond acceptors (Lipinski definition) is 4. The highest BCUT2D eigenvalue weighted by Gasteiger charge is 2.29. The van der Waals surface area contributed by atoms with Gasteiger partial charge in [-0.1, -0.05) is 13.8 Å². The second-order valence-corrected chi connectivity index (χ2v) is 4.17. The smallest absolute Gasteiger partial charge is 0.243 e. The largest absolute Gasteiger partial charge is 0.313 e. The molecule has 1 rings (SSSR count). The standard InChI is InChI=1S/C10H19N3O2/c1-7(2)11-4-5-13-6-9(14)12-10(15)8(13)3/h7-8,11H,4-6H2,1-3H3,(H,12,14,15). The van der Waals surface area contributed by atoms with Gasteiger partial charge in [0.25, 0.3) is 0 Å². The zero-order valence-corrected chi connectivity index (χ0v) is 9.54. The number of hydrogen-bond donors (Lipinski definition) is 2. The maximum Gasteiger partial charge on any atom is 0.243 e. The van der Waals surface area contributed by atoms with Crippen LogP contribution in [0.5, 0.6) is 0 Å². The molecule has 5 nitrogen and oxygen atoms in total. The third kappa shape index (κ3) is 3.60. The van der Waals surface area contributed by atoms with Crippen LogP contribution in [0.4, 0.5) is 0 Å². The first-order chi connectivity index (χ1) is 7.00. The SMILES string of the molecule is CC(C)NCCN1CC(=O)NC(=O)C1C. The Balaban J connectivity index is 2.38. The molecule has 1 aliphatic heterocycles. The number of rotatable bonds is 4. The van der Waals surface area contributed by atoms with Gasteiger partial charge in [-0.05, 0) is 6.92 Å². The molecular weight excluding hydrogens is 194 g/mol. The van der Waals surface area contributed by atoms with E-state index in [9.17, 15) is 9.59 Å². The van der Waals surface area contributed by atoms with Crippen molar-refractivity contribution in [2.24, 2.45) is 0 Å². The van der Waals surface area contributed by atoms with E-state index >= 15 is 0 Å². The molecule has 1 heterocycles.